The smallest absolute Gasteiger partial charge is 0.163 e. The van der Waals surface area contributed by atoms with Crippen molar-refractivity contribution in [2.45, 2.75) is 0 Å². The van der Waals surface area contributed by atoms with Crippen molar-refractivity contribution in [2.75, 3.05) is 0 Å². The van der Waals surface area contributed by atoms with Gasteiger partial charge >= 0.3 is 0 Å². The highest BCUT2D eigenvalue weighted by Crippen LogP contribution is 2.46. The van der Waals surface area contributed by atoms with Crippen molar-refractivity contribution in [1.82, 2.24) is 19.1 Å². The maximum absolute atomic E-state index is 10.9. The normalized spacial score (nSPS) is 11.4. The summed E-state index contributed by atoms with van der Waals surface area (Å²) >= 11 is 0. The molecule has 0 saturated carbocycles. The van der Waals surface area contributed by atoms with Crippen molar-refractivity contribution >= 4 is 43.6 Å². The zero-order chi connectivity index (χ0) is 42.6. The highest BCUT2D eigenvalue weighted by molar-refractivity contribution is 6.13. The molecule has 12 aromatic rings. The second kappa shape index (κ2) is 15.3. The van der Waals surface area contributed by atoms with Crippen molar-refractivity contribution in [3.8, 4) is 73.6 Å². The molecule has 0 fully saturated rings. The van der Waals surface area contributed by atoms with Gasteiger partial charge in [0.2, 0.25) is 0 Å². The molecule has 298 valence electrons. The Morgan fingerprint density at radius 1 is 0.359 bits per heavy atom. The van der Waals surface area contributed by atoms with Gasteiger partial charge in [-0.15, -0.1) is 0 Å². The van der Waals surface area contributed by atoms with E-state index in [1.165, 1.54) is 21.8 Å². The molecule has 3 heterocycles. The van der Waals surface area contributed by atoms with Crippen LogP contribution in [0.2, 0.25) is 0 Å². The van der Waals surface area contributed by atoms with Crippen LogP contribution in [-0.4, -0.2) is 19.1 Å². The molecule has 0 aliphatic rings. The summed E-state index contributed by atoms with van der Waals surface area (Å²) in [6.07, 6.45) is 0. The Balaban J connectivity index is 1.22. The fourth-order valence-corrected chi connectivity index (χ4v) is 9.62. The summed E-state index contributed by atoms with van der Waals surface area (Å²) in [6.45, 7) is 0. The summed E-state index contributed by atoms with van der Waals surface area (Å²) in [7, 11) is 0. The van der Waals surface area contributed by atoms with E-state index in [1.807, 2.05) is 60.7 Å². The van der Waals surface area contributed by atoms with E-state index in [2.05, 4.69) is 179 Å². The van der Waals surface area contributed by atoms with Crippen LogP contribution in [0.5, 0.6) is 0 Å². The first-order chi connectivity index (χ1) is 31.7. The molecule has 5 nitrogen and oxygen atoms in total. The summed E-state index contributed by atoms with van der Waals surface area (Å²) in [5.41, 5.74) is 14.8. The molecular formula is C59H37N5. The molecule has 9 aromatic carbocycles. The quantitative estimate of drug-likeness (QED) is 0.161. The van der Waals surface area contributed by atoms with E-state index in [0.717, 1.165) is 72.1 Å². The third-order valence-electron chi connectivity index (χ3n) is 12.4. The van der Waals surface area contributed by atoms with E-state index in [0.29, 0.717) is 22.8 Å². The first kappa shape index (κ1) is 37.0. The minimum atomic E-state index is 0.428. The second-order valence-electron chi connectivity index (χ2n) is 16.0. The molecule has 0 spiro atoms. The molecule has 0 saturated heterocycles. The summed E-state index contributed by atoms with van der Waals surface area (Å²) in [6, 6.07) is 80.9. The van der Waals surface area contributed by atoms with Gasteiger partial charge in [0.1, 0.15) is 11.6 Å². The van der Waals surface area contributed by atoms with E-state index >= 15 is 0 Å². The maximum atomic E-state index is 10.9. The molecule has 0 N–H and O–H groups in total. The lowest BCUT2D eigenvalue weighted by Crippen LogP contribution is -2.06. The van der Waals surface area contributed by atoms with Crippen molar-refractivity contribution in [2.24, 2.45) is 0 Å². The van der Waals surface area contributed by atoms with Crippen LogP contribution in [-0.2, 0) is 0 Å². The third-order valence-corrected chi connectivity index (χ3v) is 12.4. The van der Waals surface area contributed by atoms with Gasteiger partial charge in [-0.3, -0.25) is 0 Å². The first-order valence-corrected chi connectivity index (χ1v) is 21.5. The van der Waals surface area contributed by atoms with Gasteiger partial charge in [0.15, 0.2) is 5.82 Å². The first-order valence-electron chi connectivity index (χ1n) is 21.5. The monoisotopic (exact) mass is 815 g/mol. The Morgan fingerprint density at radius 3 is 1.33 bits per heavy atom. The van der Waals surface area contributed by atoms with Crippen LogP contribution in [0, 0.1) is 11.3 Å². The third kappa shape index (κ3) is 5.93. The van der Waals surface area contributed by atoms with E-state index in [4.69, 9.17) is 9.97 Å². The minimum Gasteiger partial charge on any atom is -0.309 e. The van der Waals surface area contributed by atoms with E-state index in [9.17, 15) is 5.26 Å². The molecule has 0 unspecified atom stereocenters. The second-order valence-corrected chi connectivity index (χ2v) is 16.0. The van der Waals surface area contributed by atoms with E-state index < -0.39 is 0 Å². The van der Waals surface area contributed by atoms with Crippen LogP contribution in [0.3, 0.4) is 0 Å². The number of nitriles is 1. The summed E-state index contributed by atoms with van der Waals surface area (Å²) in [4.78, 5) is 11.0. The van der Waals surface area contributed by atoms with Crippen LogP contribution >= 0.6 is 0 Å². The van der Waals surface area contributed by atoms with Gasteiger partial charge < -0.3 is 9.13 Å². The van der Waals surface area contributed by atoms with Crippen LogP contribution in [0.15, 0.2) is 224 Å². The maximum Gasteiger partial charge on any atom is 0.163 e. The molecule has 64 heavy (non-hydrogen) atoms. The molecule has 0 radical (unpaired) electrons. The van der Waals surface area contributed by atoms with Crippen LogP contribution < -0.4 is 0 Å². The van der Waals surface area contributed by atoms with Crippen LogP contribution in [0.25, 0.3) is 111 Å². The fourth-order valence-electron chi connectivity index (χ4n) is 9.62. The topological polar surface area (TPSA) is 59.4 Å². The highest BCUT2D eigenvalue weighted by atomic mass is 15.0. The van der Waals surface area contributed by atoms with Gasteiger partial charge in [0, 0.05) is 43.9 Å². The summed E-state index contributed by atoms with van der Waals surface area (Å²) in [5.74, 6) is 0.524. The largest absolute Gasteiger partial charge is 0.309 e. The van der Waals surface area contributed by atoms with Crippen molar-refractivity contribution < 1.29 is 0 Å². The number of nitrogens with zero attached hydrogens (tertiary/aromatic N) is 5. The number of rotatable bonds is 7. The standard InChI is InChI=1S/C59H37N5/c60-38-49-57(41-23-9-3-10-24-41)61-59(62-58(49)42-25-11-4-12-26-42)56-54(36-34-44(39-19-5-1-6-20-39)55(56)40-21-7-2-8-22-40)64-52-32-18-15-29-47(52)48-37-43(33-35-53(48)64)63-50-30-16-13-27-45(50)46-28-14-17-31-51(46)63/h1-37H. The van der Waals surface area contributed by atoms with Crippen LogP contribution in [0.1, 0.15) is 5.56 Å². The number of para-hydroxylation sites is 3. The Morgan fingerprint density at radius 2 is 0.797 bits per heavy atom. The zero-order valence-electron chi connectivity index (χ0n) is 34.6. The van der Waals surface area contributed by atoms with Gasteiger partial charge in [-0.2, -0.15) is 5.26 Å². The van der Waals surface area contributed by atoms with Gasteiger partial charge in [0.25, 0.3) is 0 Å². The van der Waals surface area contributed by atoms with E-state index in [1.54, 1.807) is 0 Å². The zero-order valence-corrected chi connectivity index (χ0v) is 34.6. The number of aromatic nitrogens is 4. The molecular weight excluding hydrogens is 779 g/mol. The Hall–Kier alpha value is -8.85. The summed E-state index contributed by atoms with van der Waals surface area (Å²) in [5, 5.41) is 15.6. The average Bonchev–Trinajstić information content (AvgIpc) is 3.89. The van der Waals surface area contributed by atoms with Crippen molar-refractivity contribution in [3.05, 3.63) is 230 Å². The Kier molecular flexibility index (Phi) is 8.81. The minimum absolute atomic E-state index is 0.428. The Labute approximate surface area is 370 Å². The van der Waals surface area contributed by atoms with Gasteiger partial charge in [-0.1, -0.05) is 182 Å². The Bertz CT molecular complexity index is 3650. The average molecular weight is 816 g/mol. The molecule has 0 atom stereocenters. The summed E-state index contributed by atoms with van der Waals surface area (Å²) < 4.78 is 4.76. The predicted molar refractivity (Wildman–Crippen MR) is 263 cm³/mol. The highest BCUT2D eigenvalue weighted by Gasteiger charge is 2.27. The molecule has 12 rings (SSSR count). The number of hydrogen-bond acceptors (Lipinski definition) is 3. The van der Waals surface area contributed by atoms with Gasteiger partial charge in [-0.25, -0.2) is 9.97 Å². The van der Waals surface area contributed by atoms with Crippen molar-refractivity contribution in [3.63, 3.8) is 0 Å². The molecule has 3 aromatic heterocycles. The lowest BCUT2D eigenvalue weighted by Gasteiger charge is -2.22. The fraction of sp³-hybridized carbons (Fsp3) is 0. The molecule has 0 bridgehead atoms. The molecule has 0 aliphatic heterocycles. The van der Waals surface area contributed by atoms with Gasteiger partial charge in [-0.05, 0) is 59.2 Å². The number of fused-ring (bicyclic) bond motifs is 6. The van der Waals surface area contributed by atoms with Gasteiger partial charge in [0.05, 0.1) is 44.7 Å². The number of benzene rings is 9. The lowest BCUT2D eigenvalue weighted by atomic mass is 9.88. The molecule has 0 amide bonds. The lowest BCUT2D eigenvalue weighted by molar-refractivity contribution is 1.13. The van der Waals surface area contributed by atoms with E-state index in [-0.39, 0.29) is 0 Å². The predicted octanol–water partition coefficient (Wildman–Crippen LogP) is 14.9. The SMILES string of the molecule is N#Cc1c(-c2ccccc2)nc(-c2c(-n3c4ccccc4c4cc(-n5c6ccccc6c6ccccc65)ccc43)ccc(-c3ccccc3)c2-c2ccccc2)nc1-c1ccccc1. The van der Waals surface area contributed by atoms with Crippen molar-refractivity contribution in [1.29, 1.82) is 5.26 Å². The molecule has 0 aliphatic carbocycles. The number of hydrogen-bond donors (Lipinski definition) is 0. The molecule has 5 heteroatoms. The van der Waals surface area contributed by atoms with Crippen LogP contribution in [0.4, 0.5) is 0 Å².